The van der Waals surface area contributed by atoms with Crippen LogP contribution in [0.2, 0.25) is 0 Å². The van der Waals surface area contributed by atoms with Gasteiger partial charge < -0.3 is 0 Å². The van der Waals surface area contributed by atoms with Crippen LogP contribution in [0, 0.1) is 0 Å². The van der Waals surface area contributed by atoms with Gasteiger partial charge in [-0.05, 0) is 203 Å². The van der Waals surface area contributed by atoms with E-state index in [0.29, 0.717) is 0 Å². The lowest BCUT2D eigenvalue weighted by atomic mass is 9.79. The summed E-state index contributed by atoms with van der Waals surface area (Å²) < 4.78 is 0. The number of hydrogen-bond donors (Lipinski definition) is 0. The SMILES string of the molecule is C1=c2cccc3c2c(c2c4c5c(ccc43)-c3cc4c(-c6ccccc6)c6c7cc(-c8ccccc8)ccc7c7ccc(-c8ccccc8)cc7c6c(-c6ccccc6)c4cc3C=5CC2)CC1. The minimum absolute atomic E-state index is 1.05. The van der Waals surface area contributed by atoms with Crippen molar-refractivity contribution >= 4 is 76.3 Å². The van der Waals surface area contributed by atoms with Gasteiger partial charge in [-0.3, -0.25) is 0 Å². The molecule has 0 heterocycles. The van der Waals surface area contributed by atoms with Crippen LogP contribution < -0.4 is 10.4 Å². The average Bonchev–Trinajstić information content (AvgIpc) is 3.71. The summed E-state index contributed by atoms with van der Waals surface area (Å²) in [6.45, 7) is 0. The Hall–Kier alpha value is -8.06. The average molecular weight is 835 g/mol. The smallest absolute Gasteiger partial charge is 0.000741 e. The molecule has 0 saturated heterocycles. The first-order valence-electron chi connectivity index (χ1n) is 23.7. The lowest BCUT2D eigenvalue weighted by molar-refractivity contribution is 0.949. The standard InChI is InChI=1S/C66H42/c1-5-15-39(16-6-1)44-27-29-46-47-30-28-45(40-17-7-2-8-18-40)36-57(47)66-62(43-21-11-4-12-22-43)59-38-55-53-34-32-51-49-26-14-24-41-23-13-25-48(60(41)49)50-31-33-52(64(53)63(50)51)54(55)37-58(59)61(65(66)56(46)35-44)42-19-9-3-10-20-42/h1-13,15-25,27-31,33,35-38H,14,26,32,34H2. The van der Waals surface area contributed by atoms with Crippen molar-refractivity contribution in [2.75, 3.05) is 0 Å². The summed E-state index contributed by atoms with van der Waals surface area (Å²) in [6, 6.07) is 75.9. The van der Waals surface area contributed by atoms with Crippen molar-refractivity contribution in [3.63, 3.8) is 0 Å². The van der Waals surface area contributed by atoms with Crippen LogP contribution in [0.1, 0.15) is 29.5 Å². The van der Waals surface area contributed by atoms with E-state index in [1.165, 1.54) is 142 Å². The zero-order valence-corrected chi connectivity index (χ0v) is 36.5. The summed E-state index contributed by atoms with van der Waals surface area (Å²) in [7, 11) is 0. The molecule has 0 nitrogen and oxygen atoms in total. The van der Waals surface area contributed by atoms with Crippen LogP contribution in [0.5, 0.6) is 0 Å². The summed E-state index contributed by atoms with van der Waals surface area (Å²) >= 11 is 0. The van der Waals surface area contributed by atoms with Crippen LogP contribution in [0.3, 0.4) is 0 Å². The molecule has 0 aromatic heterocycles. The van der Waals surface area contributed by atoms with Crippen molar-refractivity contribution in [3.05, 3.63) is 227 Å². The molecule has 0 heteroatoms. The van der Waals surface area contributed by atoms with Gasteiger partial charge >= 0.3 is 0 Å². The molecule has 3 aliphatic rings. The molecule has 0 bridgehead atoms. The van der Waals surface area contributed by atoms with Crippen molar-refractivity contribution < 1.29 is 0 Å². The van der Waals surface area contributed by atoms with Gasteiger partial charge in [-0.2, -0.15) is 0 Å². The van der Waals surface area contributed by atoms with Gasteiger partial charge in [0.15, 0.2) is 0 Å². The zero-order valence-electron chi connectivity index (χ0n) is 36.5. The summed E-state index contributed by atoms with van der Waals surface area (Å²) in [6.07, 6.45) is 6.84. The van der Waals surface area contributed by atoms with E-state index in [1.54, 1.807) is 11.1 Å². The Bertz CT molecular complexity index is 4220. The molecule has 0 radical (unpaired) electrons. The van der Waals surface area contributed by atoms with Crippen molar-refractivity contribution in [1.82, 2.24) is 0 Å². The van der Waals surface area contributed by atoms with E-state index >= 15 is 0 Å². The minimum Gasteiger partial charge on any atom is -0.0763 e. The van der Waals surface area contributed by atoms with Gasteiger partial charge in [-0.1, -0.05) is 182 Å². The lowest BCUT2D eigenvalue weighted by Crippen LogP contribution is -2.19. The molecule has 0 saturated carbocycles. The number of rotatable bonds is 4. The van der Waals surface area contributed by atoms with E-state index in [4.69, 9.17) is 0 Å². The predicted octanol–water partition coefficient (Wildman–Crippen LogP) is 16.1. The first-order chi connectivity index (χ1) is 32.8. The third-order valence-corrected chi connectivity index (χ3v) is 15.5. The van der Waals surface area contributed by atoms with E-state index < -0.39 is 0 Å². The summed E-state index contributed by atoms with van der Waals surface area (Å²) in [5, 5.41) is 19.1. The Labute approximate surface area is 383 Å². The third kappa shape index (κ3) is 4.99. The molecule has 12 aromatic rings. The number of benzene rings is 12. The predicted molar refractivity (Wildman–Crippen MR) is 282 cm³/mol. The fourth-order valence-electron chi connectivity index (χ4n) is 12.8. The van der Waals surface area contributed by atoms with Gasteiger partial charge in [0.25, 0.3) is 0 Å². The fraction of sp³-hybridized carbons (Fsp3) is 0.0606. The van der Waals surface area contributed by atoms with Crippen LogP contribution in [0.4, 0.5) is 0 Å². The van der Waals surface area contributed by atoms with Crippen LogP contribution in [-0.2, 0) is 12.8 Å². The highest BCUT2D eigenvalue weighted by Crippen LogP contribution is 2.53. The first kappa shape index (κ1) is 36.3. The van der Waals surface area contributed by atoms with Crippen LogP contribution in [0.25, 0.3) is 132 Å². The van der Waals surface area contributed by atoms with E-state index in [2.05, 4.69) is 206 Å². The van der Waals surface area contributed by atoms with E-state index in [1.807, 2.05) is 0 Å². The molecule has 12 aromatic carbocycles. The molecular weight excluding hydrogens is 793 g/mol. The highest BCUT2D eigenvalue weighted by molar-refractivity contribution is 6.37. The second kappa shape index (κ2) is 13.7. The topological polar surface area (TPSA) is 0 Å². The number of aryl methyl sites for hydroxylation is 2. The molecule has 0 spiro atoms. The van der Waals surface area contributed by atoms with E-state index in [0.717, 1.165) is 25.7 Å². The third-order valence-electron chi connectivity index (χ3n) is 15.5. The summed E-state index contributed by atoms with van der Waals surface area (Å²) in [5.41, 5.74) is 18.9. The fourth-order valence-corrected chi connectivity index (χ4v) is 12.8. The highest BCUT2D eigenvalue weighted by atomic mass is 14.3. The van der Waals surface area contributed by atoms with Crippen molar-refractivity contribution in [1.29, 1.82) is 0 Å². The van der Waals surface area contributed by atoms with Gasteiger partial charge in [0.05, 0.1) is 0 Å². The Kier molecular flexibility index (Phi) is 7.55. The molecule has 0 N–H and O–H groups in total. The number of fused-ring (bicyclic) bond motifs is 12. The first-order valence-corrected chi connectivity index (χ1v) is 23.7. The maximum atomic E-state index is 2.63. The second-order valence-corrected chi connectivity index (χ2v) is 18.8. The van der Waals surface area contributed by atoms with Crippen LogP contribution in [0.15, 0.2) is 200 Å². The largest absolute Gasteiger partial charge is 0.0763 e. The Morgan fingerprint density at radius 2 is 0.788 bits per heavy atom. The van der Waals surface area contributed by atoms with Gasteiger partial charge in [-0.25, -0.2) is 0 Å². The quantitative estimate of drug-likeness (QED) is 0.122. The van der Waals surface area contributed by atoms with Crippen LogP contribution >= 0.6 is 0 Å². The monoisotopic (exact) mass is 834 g/mol. The normalized spacial score (nSPS) is 13.6. The van der Waals surface area contributed by atoms with Gasteiger partial charge in [-0.15, -0.1) is 0 Å². The molecule has 0 fully saturated rings. The molecule has 0 amide bonds. The van der Waals surface area contributed by atoms with Crippen LogP contribution in [-0.4, -0.2) is 0 Å². The lowest BCUT2D eigenvalue weighted by Gasteiger charge is -2.24. The Balaban J connectivity index is 1.16. The molecule has 0 atom stereocenters. The highest BCUT2D eigenvalue weighted by Gasteiger charge is 2.31. The van der Waals surface area contributed by atoms with E-state index in [9.17, 15) is 0 Å². The zero-order chi connectivity index (χ0) is 43.0. The maximum Gasteiger partial charge on any atom is -0.000741 e. The second-order valence-electron chi connectivity index (χ2n) is 18.8. The minimum atomic E-state index is 1.05. The maximum absolute atomic E-state index is 2.63. The Morgan fingerprint density at radius 3 is 1.38 bits per heavy atom. The molecule has 0 aliphatic heterocycles. The molecule has 306 valence electrons. The molecule has 15 rings (SSSR count). The summed E-state index contributed by atoms with van der Waals surface area (Å²) in [4.78, 5) is 0. The van der Waals surface area contributed by atoms with Gasteiger partial charge in [0.1, 0.15) is 0 Å². The van der Waals surface area contributed by atoms with Crippen molar-refractivity contribution in [2.45, 2.75) is 25.7 Å². The van der Waals surface area contributed by atoms with Crippen molar-refractivity contribution in [2.24, 2.45) is 0 Å². The summed E-state index contributed by atoms with van der Waals surface area (Å²) in [5.74, 6) is 0. The molecular formula is C66H42. The molecule has 3 aliphatic carbocycles. The molecule has 66 heavy (non-hydrogen) atoms. The molecule has 0 unspecified atom stereocenters. The van der Waals surface area contributed by atoms with E-state index in [-0.39, 0.29) is 0 Å². The van der Waals surface area contributed by atoms with Gasteiger partial charge in [0, 0.05) is 0 Å². The van der Waals surface area contributed by atoms with Crippen molar-refractivity contribution in [3.8, 4) is 55.6 Å². The Morgan fingerprint density at radius 1 is 0.273 bits per heavy atom. The number of hydrogen-bond acceptors (Lipinski definition) is 0. The van der Waals surface area contributed by atoms with Gasteiger partial charge in [0.2, 0.25) is 0 Å².